The number of anilines is 1. The number of hydrogen-bond acceptors (Lipinski definition) is 3. The normalized spacial score (nSPS) is 11.0. The molecule has 1 amide bonds. The molecule has 0 aliphatic heterocycles. The molecule has 1 N–H and O–H groups in total. The molecular weight excluding hydrogens is 348 g/mol. The molecule has 1 heterocycles. The highest BCUT2D eigenvalue weighted by Gasteiger charge is 2.07. The van der Waals surface area contributed by atoms with Crippen LogP contribution in [-0.4, -0.2) is 33.7 Å². The number of para-hydroxylation sites is 1. The van der Waals surface area contributed by atoms with Gasteiger partial charge in [0, 0.05) is 24.8 Å². The van der Waals surface area contributed by atoms with Crippen molar-refractivity contribution in [3.8, 4) is 5.69 Å². The lowest BCUT2D eigenvalue weighted by atomic mass is 10.1. The van der Waals surface area contributed by atoms with E-state index in [0.29, 0.717) is 12.8 Å². The summed E-state index contributed by atoms with van der Waals surface area (Å²) in [6.45, 7) is 7.26. The van der Waals surface area contributed by atoms with Crippen molar-refractivity contribution in [2.24, 2.45) is 0 Å². The molecule has 1 aromatic heterocycles. The lowest BCUT2D eigenvalue weighted by Gasteiger charge is -2.18. The van der Waals surface area contributed by atoms with Crippen LogP contribution in [0.5, 0.6) is 0 Å². The molecule has 0 fully saturated rings. The smallest absolute Gasteiger partial charge is 0.224 e. The van der Waals surface area contributed by atoms with Crippen LogP contribution in [0.2, 0.25) is 0 Å². The molecule has 0 unspecified atom stereocenters. The average molecular weight is 377 g/mol. The Kier molecular flexibility index (Phi) is 6.98. The first-order valence-electron chi connectivity index (χ1n) is 9.88. The van der Waals surface area contributed by atoms with Gasteiger partial charge in [-0.05, 0) is 54.9 Å². The Labute approximate surface area is 167 Å². The topological polar surface area (TPSA) is 50.2 Å². The fourth-order valence-electron chi connectivity index (χ4n) is 3.15. The summed E-state index contributed by atoms with van der Waals surface area (Å²) in [6.07, 6.45) is 4.90. The Morgan fingerprint density at radius 2 is 1.82 bits per heavy atom. The van der Waals surface area contributed by atoms with Gasteiger partial charge in [0.1, 0.15) is 0 Å². The highest BCUT2D eigenvalue weighted by molar-refractivity contribution is 5.90. The fourth-order valence-corrected chi connectivity index (χ4v) is 3.15. The summed E-state index contributed by atoms with van der Waals surface area (Å²) in [7, 11) is 0. The largest absolute Gasteiger partial charge is 0.326 e. The molecule has 5 heteroatoms. The summed E-state index contributed by atoms with van der Waals surface area (Å²) >= 11 is 0. The number of nitrogens with one attached hydrogen (secondary N) is 1. The number of rotatable bonds is 9. The van der Waals surface area contributed by atoms with Gasteiger partial charge in [0.05, 0.1) is 11.9 Å². The van der Waals surface area contributed by atoms with Crippen LogP contribution in [0.25, 0.3) is 5.69 Å². The Hall–Kier alpha value is -2.92. The summed E-state index contributed by atoms with van der Waals surface area (Å²) < 4.78 is 1.84. The van der Waals surface area contributed by atoms with Gasteiger partial charge >= 0.3 is 0 Å². The van der Waals surface area contributed by atoms with E-state index in [-0.39, 0.29) is 5.91 Å². The molecule has 0 atom stereocenters. The molecule has 3 rings (SSSR count). The van der Waals surface area contributed by atoms with E-state index < -0.39 is 0 Å². The fraction of sp³-hybridized carbons (Fsp3) is 0.304. The van der Waals surface area contributed by atoms with Crippen molar-refractivity contribution in [3.05, 3.63) is 78.1 Å². The maximum absolute atomic E-state index is 12.4. The molecule has 0 spiro atoms. The summed E-state index contributed by atoms with van der Waals surface area (Å²) in [5.74, 6) is 0.0208. The maximum Gasteiger partial charge on any atom is 0.224 e. The molecule has 0 aliphatic rings. The average Bonchev–Trinajstić information content (AvgIpc) is 3.20. The molecule has 28 heavy (non-hydrogen) atoms. The monoisotopic (exact) mass is 376 g/mol. The summed E-state index contributed by atoms with van der Waals surface area (Å²) in [5, 5.41) is 7.40. The van der Waals surface area contributed by atoms with Crippen LogP contribution in [-0.2, 0) is 17.8 Å². The predicted octanol–water partition coefficient (Wildman–Crippen LogP) is 4.29. The van der Waals surface area contributed by atoms with E-state index in [2.05, 4.69) is 41.3 Å². The third-order valence-electron chi connectivity index (χ3n) is 4.81. The van der Waals surface area contributed by atoms with E-state index >= 15 is 0 Å². The van der Waals surface area contributed by atoms with Crippen LogP contribution in [0.1, 0.15) is 31.4 Å². The van der Waals surface area contributed by atoms with Gasteiger partial charge in [-0.1, -0.05) is 44.2 Å². The molecule has 0 radical (unpaired) electrons. The lowest BCUT2D eigenvalue weighted by Crippen LogP contribution is -2.22. The van der Waals surface area contributed by atoms with Crippen molar-refractivity contribution in [1.29, 1.82) is 0 Å². The first kappa shape index (κ1) is 19.8. The van der Waals surface area contributed by atoms with Gasteiger partial charge in [-0.3, -0.25) is 9.69 Å². The van der Waals surface area contributed by atoms with Crippen LogP contribution < -0.4 is 5.32 Å². The number of carbonyl (C=O) groups is 1. The van der Waals surface area contributed by atoms with Crippen molar-refractivity contribution >= 4 is 11.6 Å². The number of carbonyl (C=O) groups excluding carboxylic acids is 1. The van der Waals surface area contributed by atoms with Gasteiger partial charge in [0.15, 0.2) is 0 Å². The molecule has 0 saturated heterocycles. The third-order valence-corrected chi connectivity index (χ3v) is 4.81. The molecule has 146 valence electrons. The standard InChI is InChI=1S/C23H28N4O/c1-3-26(4-2)17-19-9-8-10-21(15-19)25-23(28)14-13-20-16-24-27(18-20)22-11-6-5-7-12-22/h5-12,15-16,18H,3-4,13-14,17H2,1-2H3,(H,25,28). The van der Waals surface area contributed by atoms with E-state index in [9.17, 15) is 4.79 Å². The van der Waals surface area contributed by atoms with Gasteiger partial charge in [0.2, 0.25) is 5.91 Å². The SMILES string of the molecule is CCN(CC)Cc1cccc(NC(=O)CCc2cnn(-c3ccccc3)c2)c1. The van der Waals surface area contributed by atoms with E-state index in [0.717, 1.165) is 36.6 Å². The minimum atomic E-state index is 0.0208. The van der Waals surface area contributed by atoms with Gasteiger partial charge in [-0.15, -0.1) is 0 Å². The van der Waals surface area contributed by atoms with Gasteiger partial charge in [0.25, 0.3) is 0 Å². The molecule has 2 aromatic carbocycles. The van der Waals surface area contributed by atoms with Crippen molar-refractivity contribution in [3.63, 3.8) is 0 Å². The van der Waals surface area contributed by atoms with E-state index in [1.165, 1.54) is 5.56 Å². The Morgan fingerprint density at radius 1 is 1.04 bits per heavy atom. The number of amides is 1. The second-order valence-electron chi connectivity index (χ2n) is 6.84. The number of aryl methyl sites for hydroxylation is 1. The van der Waals surface area contributed by atoms with E-state index in [1.807, 2.05) is 59.5 Å². The molecule has 3 aromatic rings. The predicted molar refractivity (Wildman–Crippen MR) is 114 cm³/mol. The first-order chi connectivity index (χ1) is 13.7. The van der Waals surface area contributed by atoms with E-state index in [1.54, 1.807) is 0 Å². The summed E-state index contributed by atoms with van der Waals surface area (Å²) in [4.78, 5) is 14.7. The van der Waals surface area contributed by atoms with Crippen LogP contribution in [0, 0.1) is 0 Å². The zero-order chi connectivity index (χ0) is 19.8. The molecule has 0 aliphatic carbocycles. The first-order valence-corrected chi connectivity index (χ1v) is 9.88. The van der Waals surface area contributed by atoms with Crippen LogP contribution in [0.15, 0.2) is 67.0 Å². The van der Waals surface area contributed by atoms with Crippen molar-refractivity contribution in [1.82, 2.24) is 14.7 Å². The Bertz CT molecular complexity index is 884. The highest BCUT2D eigenvalue weighted by atomic mass is 16.1. The van der Waals surface area contributed by atoms with Crippen molar-refractivity contribution in [2.75, 3.05) is 18.4 Å². The minimum absolute atomic E-state index is 0.0208. The maximum atomic E-state index is 12.4. The zero-order valence-corrected chi connectivity index (χ0v) is 16.6. The van der Waals surface area contributed by atoms with Crippen molar-refractivity contribution in [2.45, 2.75) is 33.2 Å². The van der Waals surface area contributed by atoms with E-state index in [4.69, 9.17) is 0 Å². The van der Waals surface area contributed by atoms with Gasteiger partial charge < -0.3 is 5.32 Å². The molecular formula is C23H28N4O. The summed E-state index contributed by atoms with van der Waals surface area (Å²) in [6, 6.07) is 18.1. The Morgan fingerprint density at radius 3 is 2.57 bits per heavy atom. The zero-order valence-electron chi connectivity index (χ0n) is 16.6. The second-order valence-corrected chi connectivity index (χ2v) is 6.84. The lowest BCUT2D eigenvalue weighted by molar-refractivity contribution is -0.116. The number of hydrogen-bond donors (Lipinski definition) is 1. The summed E-state index contributed by atoms with van der Waals surface area (Å²) in [5.41, 5.74) is 4.14. The molecule has 0 saturated carbocycles. The van der Waals surface area contributed by atoms with Crippen molar-refractivity contribution < 1.29 is 4.79 Å². The second kappa shape index (κ2) is 9.85. The van der Waals surface area contributed by atoms with Gasteiger partial charge in [-0.2, -0.15) is 5.10 Å². The minimum Gasteiger partial charge on any atom is -0.326 e. The number of nitrogens with zero attached hydrogens (tertiary/aromatic N) is 3. The quantitative estimate of drug-likeness (QED) is 0.606. The van der Waals surface area contributed by atoms with Crippen LogP contribution in [0.3, 0.4) is 0 Å². The number of benzene rings is 2. The van der Waals surface area contributed by atoms with Gasteiger partial charge in [-0.25, -0.2) is 4.68 Å². The van der Waals surface area contributed by atoms with Crippen LogP contribution in [0.4, 0.5) is 5.69 Å². The Balaban J connectivity index is 1.53. The molecule has 5 nitrogen and oxygen atoms in total. The molecule has 0 bridgehead atoms. The highest BCUT2D eigenvalue weighted by Crippen LogP contribution is 2.14. The van der Waals surface area contributed by atoms with Crippen LogP contribution >= 0.6 is 0 Å². The third kappa shape index (κ3) is 5.54. The number of aromatic nitrogens is 2.